The number of carbonyl (C=O) groups is 3. The van der Waals surface area contributed by atoms with Crippen molar-refractivity contribution in [1.82, 2.24) is 20.1 Å². The molecule has 3 atom stereocenters. The highest BCUT2D eigenvalue weighted by molar-refractivity contribution is 8.03. The lowest BCUT2D eigenvalue weighted by Gasteiger charge is -2.49. The van der Waals surface area contributed by atoms with Crippen molar-refractivity contribution in [2.45, 2.75) is 36.7 Å². The van der Waals surface area contributed by atoms with Gasteiger partial charge in [-0.1, -0.05) is 47.6 Å². The molecule has 10 nitrogen and oxygen atoms in total. The number of hydrogen-bond acceptors (Lipinski definition) is 9. The molecule has 40 heavy (non-hydrogen) atoms. The second-order valence-corrected chi connectivity index (χ2v) is 12.7. The first-order valence-corrected chi connectivity index (χ1v) is 15.5. The fraction of sp³-hybridized carbons (Fsp3) is 0.400. The molecule has 0 aliphatic carbocycles. The number of allylic oxidation sites excluding steroid dienone is 1. The summed E-state index contributed by atoms with van der Waals surface area (Å²) in [5.74, 6) is -1.55. The molecule has 0 radical (unpaired) electrons. The number of nitrogens with zero attached hydrogens (tertiary/aromatic N) is 3. The van der Waals surface area contributed by atoms with Crippen LogP contribution < -0.4 is 11.1 Å². The lowest BCUT2D eigenvalue weighted by molar-refractivity contribution is -0.148. The maximum absolute atomic E-state index is 13.0. The number of rotatable bonds is 12. The van der Waals surface area contributed by atoms with Gasteiger partial charge < -0.3 is 26.2 Å². The number of carboxylic acids is 2. The molecule has 5 N–H and O–H groups in total. The Kier molecular flexibility index (Phi) is 10.4. The van der Waals surface area contributed by atoms with E-state index in [1.807, 2.05) is 18.4 Å². The molecule has 1 aromatic heterocycles. The average Bonchev–Trinajstić information content (AvgIpc) is 2.92. The number of thiocarbonyl (C=S) groups is 1. The number of fused-ring (bicyclic) bond motifs is 1. The molecule has 1 amide bonds. The molecule has 4 rings (SSSR count). The van der Waals surface area contributed by atoms with Crippen LogP contribution in [0.15, 0.2) is 46.7 Å². The standard InChI is InChI=1S/C25H27Cl2N5O5S3/c26-17-4-3-13(21(27)29-17)10-18(38)30-19-22(33)32-20(25(36)37)14(12-40-23(19)32)11-39-15-5-8-31(9-6-15)7-1-2-16(28)24(34)35/h3-6,8,16,19,23H,1-2,7,9-12,28H2,(H,30,38)(H,34,35)(H,36,37)/t16-,19-,23+/m0/s1. The third-order valence-corrected chi connectivity index (χ3v) is 9.75. The van der Waals surface area contributed by atoms with Crippen LogP contribution in [0.4, 0.5) is 0 Å². The molecular weight excluding hydrogens is 617 g/mol. The van der Waals surface area contributed by atoms with Crippen LogP contribution in [0.2, 0.25) is 10.3 Å². The van der Waals surface area contributed by atoms with Crippen molar-refractivity contribution < 1.29 is 24.6 Å². The van der Waals surface area contributed by atoms with E-state index >= 15 is 0 Å². The van der Waals surface area contributed by atoms with E-state index < -0.39 is 24.0 Å². The number of carboxylic acid groups (broad SMARTS) is 2. The molecule has 3 aliphatic rings. The third-order valence-electron chi connectivity index (χ3n) is 6.48. The van der Waals surface area contributed by atoms with Crippen LogP contribution in [0, 0.1) is 0 Å². The molecule has 1 fully saturated rings. The van der Waals surface area contributed by atoms with Gasteiger partial charge >= 0.3 is 11.9 Å². The zero-order valence-electron chi connectivity index (χ0n) is 21.1. The van der Waals surface area contributed by atoms with Gasteiger partial charge in [-0.2, -0.15) is 0 Å². The van der Waals surface area contributed by atoms with Crippen LogP contribution in [-0.2, 0) is 20.8 Å². The van der Waals surface area contributed by atoms with Gasteiger partial charge in [0.05, 0.1) is 4.99 Å². The van der Waals surface area contributed by atoms with Crippen LogP contribution in [0.5, 0.6) is 0 Å². The van der Waals surface area contributed by atoms with Crippen molar-refractivity contribution in [2.75, 3.05) is 24.6 Å². The topological polar surface area (TPSA) is 149 Å². The first-order valence-electron chi connectivity index (χ1n) is 12.3. The number of thioether (sulfide) groups is 2. The fourth-order valence-electron chi connectivity index (χ4n) is 4.36. The minimum atomic E-state index is -1.13. The average molecular weight is 645 g/mol. The number of carbonyl (C=O) groups excluding carboxylic acids is 1. The van der Waals surface area contributed by atoms with Gasteiger partial charge in [0, 0.05) is 42.1 Å². The number of nitrogens with two attached hydrogens (primary N) is 1. The Balaban J connectivity index is 1.30. The summed E-state index contributed by atoms with van der Waals surface area (Å²) in [5.41, 5.74) is 6.94. The van der Waals surface area contributed by atoms with E-state index in [1.165, 1.54) is 28.4 Å². The maximum atomic E-state index is 13.0. The van der Waals surface area contributed by atoms with Crippen LogP contribution in [0.25, 0.3) is 0 Å². The van der Waals surface area contributed by atoms with E-state index in [2.05, 4.69) is 15.2 Å². The summed E-state index contributed by atoms with van der Waals surface area (Å²) in [5, 5.41) is 22.0. The van der Waals surface area contributed by atoms with E-state index in [1.54, 1.807) is 12.1 Å². The highest BCUT2D eigenvalue weighted by Crippen LogP contribution is 2.41. The van der Waals surface area contributed by atoms with Crippen molar-refractivity contribution in [3.05, 3.63) is 62.5 Å². The number of aliphatic carboxylic acids is 2. The SMILES string of the molecule is N[C@@H](CCCN1C=CC(SCC2=C(C(=O)O)N3C(=O)[C@H](NC(=S)Cc4ccc(Cl)nc4Cl)[C@H]3SC2)=CC1)C(=O)O. The number of nitrogens with one attached hydrogen (secondary N) is 1. The first kappa shape index (κ1) is 30.7. The van der Waals surface area contributed by atoms with Crippen molar-refractivity contribution in [3.63, 3.8) is 0 Å². The van der Waals surface area contributed by atoms with Crippen molar-refractivity contribution in [2.24, 2.45) is 5.73 Å². The molecule has 1 saturated heterocycles. The molecule has 1 aromatic rings. The van der Waals surface area contributed by atoms with Gasteiger partial charge in [-0.15, -0.1) is 23.5 Å². The highest BCUT2D eigenvalue weighted by atomic mass is 35.5. The van der Waals surface area contributed by atoms with Gasteiger partial charge in [0.15, 0.2) is 0 Å². The van der Waals surface area contributed by atoms with Crippen LogP contribution >= 0.6 is 58.9 Å². The normalized spacial score (nSPS) is 21.0. The number of hydrogen-bond donors (Lipinski definition) is 4. The van der Waals surface area contributed by atoms with Gasteiger partial charge in [0.1, 0.15) is 33.5 Å². The Labute approximate surface area is 255 Å². The largest absolute Gasteiger partial charge is 0.480 e. The predicted molar refractivity (Wildman–Crippen MR) is 161 cm³/mol. The maximum Gasteiger partial charge on any atom is 0.352 e. The third kappa shape index (κ3) is 7.31. The van der Waals surface area contributed by atoms with Gasteiger partial charge in [-0.3, -0.25) is 14.5 Å². The van der Waals surface area contributed by atoms with Crippen LogP contribution in [0.1, 0.15) is 18.4 Å². The second-order valence-electron chi connectivity index (χ2n) is 9.27. The number of halogens is 2. The van der Waals surface area contributed by atoms with E-state index in [-0.39, 0.29) is 33.7 Å². The Bertz CT molecular complexity index is 1310. The molecule has 0 aromatic carbocycles. The smallest absolute Gasteiger partial charge is 0.352 e. The lowest BCUT2D eigenvalue weighted by atomic mass is 10.0. The van der Waals surface area contributed by atoms with E-state index in [4.69, 9.17) is 46.3 Å². The monoisotopic (exact) mass is 643 g/mol. The van der Waals surface area contributed by atoms with Crippen LogP contribution in [-0.4, -0.2) is 89.9 Å². The second kappa shape index (κ2) is 13.6. The number of pyridine rings is 1. The van der Waals surface area contributed by atoms with E-state index in [9.17, 15) is 19.5 Å². The summed E-state index contributed by atoms with van der Waals surface area (Å²) < 4.78 is 0. The molecule has 0 spiro atoms. The van der Waals surface area contributed by atoms with Gasteiger partial charge in [0.25, 0.3) is 5.91 Å². The summed E-state index contributed by atoms with van der Waals surface area (Å²) >= 11 is 20.4. The molecule has 3 aliphatic heterocycles. The Hall–Kier alpha value is -2.29. The van der Waals surface area contributed by atoms with Crippen molar-refractivity contribution >= 4 is 81.8 Å². The number of β-lactam (4-membered cyclic amide) rings is 1. The Morgan fingerprint density at radius 3 is 2.75 bits per heavy atom. The minimum Gasteiger partial charge on any atom is -0.480 e. The van der Waals surface area contributed by atoms with Gasteiger partial charge in [0.2, 0.25) is 0 Å². The fourth-order valence-corrected chi connectivity index (χ4v) is 7.46. The summed E-state index contributed by atoms with van der Waals surface area (Å²) in [6.45, 7) is 1.36. The molecule has 0 unspecified atom stereocenters. The molecule has 0 bridgehead atoms. The highest BCUT2D eigenvalue weighted by Gasteiger charge is 2.53. The summed E-state index contributed by atoms with van der Waals surface area (Å²) in [7, 11) is 0. The first-order chi connectivity index (χ1) is 19.0. The zero-order valence-corrected chi connectivity index (χ0v) is 25.0. The summed E-state index contributed by atoms with van der Waals surface area (Å²) in [6.07, 6.45) is 7.28. The zero-order chi connectivity index (χ0) is 29.0. The molecule has 15 heteroatoms. The predicted octanol–water partition coefficient (Wildman–Crippen LogP) is 3.11. The van der Waals surface area contributed by atoms with Gasteiger partial charge in [-0.05, 0) is 36.1 Å². The summed E-state index contributed by atoms with van der Waals surface area (Å²) in [4.78, 5) is 44.9. The summed E-state index contributed by atoms with van der Waals surface area (Å²) in [6, 6.07) is 1.85. The lowest BCUT2D eigenvalue weighted by Crippen LogP contribution is -2.70. The molecule has 4 heterocycles. The van der Waals surface area contributed by atoms with Gasteiger partial charge in [-0.25, -0.2) is 9.78 Å². The quantitative estimate of drug-likeness (QED) is 0.151. The van der Waals surface area contributed by atoms with E-state index in [0.29, 0.717) is 53.6 Å². The van der Waals surface area contributed by atoms with Crippen LogP contribution in [0.3, 0.4) is 0 Å². The molecule has 214 valence electrons. The Morgan fingerprint density at radius 2 is 2.10 bits per heavy atom. The minimum absolute atomic E-state index is 0.0342. The van der Waals surface area contributed by atoms with Crippen molar-refractivity contribution in [1.29, 1.82) is 0 Å². The van der Waals surface area contributed by atoms with E-state index in [0.717, 1.165) is 4.91 Å². The molecular formula is C25H27Cl2N5O5S3. The molecule has 0 saturated carbocycles. The number of aromatic nitrogens is 1. The van der Waals surface area contributed by atoms with Crippen molar-refractivity contribution in [3.8, 4) is 0 Å². The number of amides is 1. The Morgan fingerprint density at radius 1 is 1.32 bits per heavy atom.